The molecule has 3 N–H and O–H groups in total. The Bertz CT molecular complexity index is 1250. The molecule has 9 nitrogen and oxygen atoms in total. The molecule has 3 heterocycles. The van der Waals surface area contributed by atoms with E-state index in [2.05, 4.69) is 27.4 Å². The first-order valence-corrected chi connectivity index (χ1v) is 11.2. The van der Waals surface area contributed by atoms with Gasteiger partial charge in [-0.2, -0.15) is 4.98 Å². The van der Waals surface area contributed by atoms with Gasteiger partial charge in [-0.05, 0) is 17.2 Å². The molecule has 0 radical (unpaired) electrons. The van der Waals surface area contributed by atoms with E-state index in [1.165, 1.54) is 25.3 Å². The van der Waals surface area contributed by atoms with E-state index >= 15 is 4.39 Å². The molecule has 1 aromatic heterocycles. The molecule has 5 rings (SSSR count). The Balaban J connectivity index is 0.00000289. The first kappa shape index (κ1) is 24.7. The van der Waals surface area contributed by atoms with E-state index < -0.39 is 5.82 Å². The summed E-state index contributed by atoms with van der Waals surface area (Å²) in [6.07, 6.45) is 0.420. The highest BCUT2D eigenvalue weighted by atomic mass is 35.5. The lowest BCUT2D eigenvalue weighted by molar-refractivity contribution is -0.132. The van der Waals surface area contributed by atoms with Crippen molar-refractivity contribution in [1.82, 2.24) is 20.2 Å². The van der Waals surface area contributed by atoms with Crippen molar-refractivity contribution in [2.24, 2.45) is 0 Å². The molecule has 1 atom stereocenters. The summed E-state index contributed by atoms with van der Waals surface area (Å²) in [7, 11) is 2.80. The molecule has 0 aliphatic carbocycles. The van der Waals surface area contributed by atoms with Crippen LogP contribution in [0.5, 0.6) is 11.5 Å². The number of carbonyl (C=O) groups is 1. The maximum Gasteiger partial charge on any atom is 0.228 e. The van der Waals surface area contributed by atoms with Gasteiger partial charge in [0.25, 0.3) is 0 Å². The molecule has 0 bridgehead atoms. The first-order chi connectivity index (χ1) is 16.5. The van der Waals surface area contributed by atoms with Crippen LogP contribution in [0.4, 0.5) is 16.2 Å². The number of nitrogens with one attached hydrogen (secondary N) is 1. The number of nitrogens with two attached hydrogens (primary N) is 1. The number of hydrogen-bond donors (Lipinski definition) is 2. The van der Waals surface area contributed by atoms with E-state index in [0.29, 0.717) is 43.9 Å². The van der Waals surface area contributed by atoms with Gasteiger partial charge >= 0.3 is 0 Å². The fourth-order valence-electron chi connectivity index (χ4n) is 4.70. The van der Waals surface area contributed by atoms with Gasteiger partial charge in [0.05, 0.1) is 14.2 Å². The van der Waals surface area contributed by atoms with E-state index in [0.717, 1.165) is 6.54 Å². The summed E-state index contributed by atoms with van der Waals surface area (Å²) >= 11 is 0. The van der Waals surface area contributed by atoms with Gasteiger partial charge in [0, 0.05) is 50.6 Å². The first-order valence-electron chi connectivity index (χ1n) is 11.2. The average Bonchev–Trinajstić information content (AvgIpc) is 3.27. The van der Waals surface area contributed by atoms with Crippen molar-refractivity contribution in [1.29, 1.82) is 0 Å². The summed E-state index contributed by atoms with van der Waals surface area (Å²) in [6.45, 7) is 2.90. The third-order valence-electron chi connectivity index (χ3n) is 6.56. The lowest BCUT2D eigenvalue weighted by Crippen LogP contribution is -2.49. The molecule has 2 aliphatic heterocycles. The molecule has 1 fully saturated rings. The number of nitrogen functional groups attached to an aromatic ring is 1. The minimum atomic E-state index is -0.648. The standard InChI is InChI=1S/C24H27FN6O3.ClH/c1-33-18-11-16-21(20(25)22(18)34-2)28-24(29-23(16)26)31-9-7-30(8-10-31)19(32)12-17-15-6-4-3-5-14(15)13-27-17;/h3-6,11,17,27H,7-10,12-13H2,1-2H3,(H2,26,28,29);1H. The van der Waals surface area contributed by atoms with Crippen molar-refractivity contribution in [3.8, 4) is 11.5 Å². The number of methoxy groups -OCH3 is 2. The summed E-state index contributed by atoms with van der Waals surface area (Å²) in [6, 6.07) is 9.81. The summed E-state index contributed by atoms with van der Waals surface area (Å²) in [5.74, 6) is 0.138. The highest BCUT2D eigenvalue weighted by molar-refractivity contribution is 5.92. The second-order valence-electron chi connectivity index (χ2n) is 8.44. The summed E-state index contributed by atoms with van der Waals surface area (Å²) in [5, 5.41) is 3.78. The molecule has 0 spiro atoms. The van der Waals surface area contributed by atoms with Crippen LogP contribution < -0.4 is 25.4 Å². The molecule has 1 saturated heterocycles. The predicted molar refractivity (Wildman–Crippen MR) is 134 cm³/mol. The summed E-state index contributed by atoms with van der Waals surface area (Å²) < 4.78 is 25.4. The Morgan fingerprint density at radius 1 is 1.17 bits per heavy atom. The minimum absolute atomic E-state index is 0. The van der Waals surface area contributed by atoms with Crippen LogP contribution in [0.2, 0.25) is 0 Å². The molecular weight excluding hydrogens is 475 g/mol. The van der Waals surface area contributed by atoms with Crippen molar-refractivity contribution in [2.45, 2.75) is 19.0 Å². The number of amides is 1. The van der Waals surface area contributed by atoms with Crippen molar-refractivity contribution in [3.05, 3.63) is 47.3 Å². The molecule has 2 aliphatic rings. The monoisotopic (exact) mass is 502 g/mol. The van der Waals surface area contributed by atoms with Gasteiger partial charge in [-0.25, -0.2) is 9.37 Å². The number of carbonyl (C=O) groups excluding carboxylic acids is 1. The molecule has 35 heavy (non-hydrogen) atoms. The summed E-state index contributed by atoms with van der Waals surface area (Å²) in [5.41, 5.74) is 8.66. The van der Waals surface area contributed by atoms with Crippen molar-refractivity contribution in [3.63, 3.8) is 0 Å². The SMILES string of the molecule is COc1cc2c(N)nc(N3CCN(C(=O)CC4NCc5ccccc54)CC3)nc2c(F)c1OC.Cl. The number of aromatic nitrogens is 2. The van der Waals surface area contributed by atoms with Gasteiger partial charge in [0.2, 0.25) is 11.9 Å². The highest BCUT2D eigenvalue weighted by Gasteiger charge is 2.29. The smallest absolute Gasteiger partial charge is 0.228 e. The van der Waals surface area contributed by atoms with Crippen LogP contribution in [0.1, 0.15) is 23.6 Å². The minimum Gasteiger partial charge on any atom is -0.493 e. The van der Waals surface area contributed by atoms with Crippen LogP contribution in [-0.4, -0.2) is 61.2 Å². The van der Waals surface area contributed by atoms with Crippen molar-refractivity contribution < 1.29 is 18.7 Å². The number of benzene rings is 2. The highest BCUT2D eigenvalue weighted by Crippen LogP contribution is 2.37. The quantitative estimate of drug-likeness (QED) is 0.548. The zero-order chi connectivity index (χ0) is 23.8. The number of halogens is 2. The Labute approximate surface area is 208 Å². The number of piperazine rings is 1. The average molecular weight is 503 g/mol. The second-order valence-corrected chi connectivity index (χ2v) is 8.44. The van der Waals surface area contributed by atoms with E-state index in [4.69, 9.17) is 15.2 Å². The van der Waals surface area contributed by atoms with E-state index in [1.54, 1.807) is 6.07 Å². The fourth-order valence-corrected chi connectivity index (χ4v) is 4.70. The maximum absolute atomic E-state index is 15.1. The van der Waals surface area contributed by atoms with Gasteiger partial charge in [-0.15, -0.1) is 12.4 Å². The van der Waals surface area contributed by atoms with Crippen LogP contribution in [0.25, 0.3) is 10.9 Å². The van der Waals surface area contributed by atoms with Crippen molar-refractivity contribution in [2.75, 3.05) is 51.0 Å². The third kappa shape index (κ3) is 4.51. The molecule has 11 heteroatoms. The Hall–Kier alpha value is -3.37. The van der Waals surface area contributed by atoms with Crippen molar-refractivity contribution >= 4 is 41.0 Å². The van der Waals surface area contributed by atoms with Crippen LogP contribution in [0.15, 0.2) is 30.3 Å². The number of fused-ring (bicyclic) bond motifs is 2. The molecule has 2 aromatic carbocycles. The largest absolute Gasteiger partial charge is 0.493 e. The van der Waals surface area contributed by atoms with Gasteiger partial charge in [-0.3, -0.25) is 4.79 Å². The van der Waals surface area contributed by atoms with Crippen LogP contribution in [0, 0.1) is 5.82 Å². The Morgan fingerprint density at radius 3 is 2.63 bits per heavy atom. The number of nitrogens with zero attached hydrogens (tertiary/aromatic N) is 4. The van der Waals surface area contributed by atoms with E-state index in [1.807, 2.05) is 21.9 Å². The van der Waals surface area contributed by atoms with Crippen LogP contribution >= 0.6 is 12.4 Å². The second kappa shape index (κ2) is 10.1. The maximum atomic E-state index is 15.1. The number of ether oxygens (including phenoxy) is 2. The van der Waals surface area contributed by atoms with E-state index in [-0.39, 0.29) is 47.2 Å². The molecule has 1 unspecified atom stereocenters. The Kier molecular flexibility index (Phi) is 7.13. The number of anilines is 2. The molecule has 0 saturated carbocycles. The molecule has 3 aromatic rings. The van der Waals surface area contributed by atoms with E-state index in [9.17, 15) is 4.79 Å². The van der Waals surface area contributed by atoms with Gasteiger partial charge < -0.3 is 30.3 Å². The van der Waals surface area contributed by atoms with Crippen LogP contribution in [-0.2, 0) is 11.3 Å². The Morgan fingerprint density at radius 2 is 1.91 bits per heavy atom. The normalized spacial score (nSPS) is 17.2. The van der Waals surface area contributed by atoms with Gasteiger partial charge in [0.1, 0.15) is 11.3 Å². The van der Waals surface area contributed by atoms with Crippen LogP contribution in [0.3, 0.4) is 0 Å². The third-order valence-corrected chi connectivity index (χ3v) is 6.56. The zero-order valence-corrected chi connectivity index (χ0v) is 20.4. The van der Waals surface area contributed by atoms with Gasteiger partial charge in [0.15, 0.2) is 17.3 Å². The molecular formula is C24H28ClFN6O3. The number of hydrogen-bond acceptors (Lipinski definition) is 8. The number of rotatable bonds is 5. The molecule has 186 valence electrons. The lowest BCUT2D eigenvalue weighted by Gasteiger charge is -2.35. The zero-order valence-electron chi connectivity index (χ0n) is 19.6. The lowest BCUT2D eigenvalue weighted by atomic mass is 10.0. The fraction of sp³-hybridized carbons (Fsp3) is 0.375. The molecule has 1 amide bonds. The predicted octanol–water partition coefficient (Wildman–Crippen LogP) is 2.67. The summed E-state index contributed by atoms with van der Waals surface area (Å²) in [4.78, 5) is 25.6. The topological polar surface area (TPSA) is 106 Å². The van der Waals surface area contributed by atoms with Gasteiger partial charge in [-0.1, -0.05) is 24.3 Å².